The van der Waals surface area contributed by atoms with E-state index >= 15 is 0 Å². The van der Waals surface area contributed by atoms with Crippen molar-refractivity contribution in [2.45, 2.75) is 110 Å². The maximum absolute atomic E-state index is 11.5. The molecule has 0 heterocycles. The fourth-order valence-corrected chi connectivity index (χ4v) is 2.69. The number of ether oxygens (including phenoxy) is 2. The molecule has 0 fully saturated rings. The van der Waals surface area contributed by atoms with Crippen LogP contribution in [0.25, 0.3) is 0 Å². The molecule has 1 atom stereocenters. The minimum Gasteiger partial charge on any atom is -0.463 e. The van der Waals surface area contributed by atoms with Crippen molar-refractivity contribution in [3.63, 3.8) is 0 Å². The molecule has 0 radical (unpaired) electrons. The van der Waals surface area contributed by atoms with Crippen LogP contribution in [0, 0.1) is 0 Å². The van der Waals surface area contributed by atoms with Crippen molar-refractivity contribution in [1.82, 2.24) is 0 Å². The van der Waals surface area contributed by atoms with Crippen molar-refractivity contribution in [3.05, 3.63) is 12.2 Å². The summed E-state index contributed by atoms with van der Waals surface area (Å²) in [5.74, 6) is -0.0958. The van der Waals surface area contributed by atoms with E-state index in [0.29, 0.717) is 13.0 Å². The molecule has 0 aliphatic rings. The highest BCUT2D eigenvalue weighted by atomic mass is 16.6. The van der Waals surface area contributed by atoms with Gasteiger partial charge in [0.25, 0.3) is 0 Å². The highest BCUT2D eigenvalue weighted by Gasteiger charge is 2.05. The van der Waals surface area contributed by atoms with Crippen LogP contribution in [-0.4, -0.2) is 25.8 Å². The van der Waals surface area contributed by atoms with Crippen molar-refractivity contribution < 1.29 is 14.3 Å². The van der Waals surface area contributed by atoms with Crippen molar-refractivity contribution in [2.24, 2.45) is 0 Å². The summed E-state index contributed by atoms with van der Waals surface area (Å²) in [5, 5.41) is 0. The lowest BCUT2D eigenvalue weighted by Gasteiger charge is -2.09. The summed E-state index contributed by atoms with van der Waals surface area (Å²) >= 11 is 0. The van der Waals surface area contributed by atoms with Crippen molar-refractivity contribution in [3.8, 4) is 0 Å². The zero-order valence-electron chi connectivity index (χ0n) is 17.1. The van der Waals surface area contributed by atoms with Crippen LogP contribution >= 0.6 is 0 Å². The summed E-state index contributed by atoms with van der Waals surface area (Å²) in [4.78, 5) is 11.5. The minimum atomic E-state index is -0.0958. The van der Waals surface area contributed by atoms with Crippen LogP contribution in [0.4, 0.5) is 0 Å². The Morgan fingerprint density at radius 3 is 1.92 bits per heavy atom. The summed E-state index contributed by atoms with van der Waals surface area (Å²) in [6.07, 6.45) is 21.7. The van der Waals surface area contributed by atoms with Crippen LogP contribution in [0.3, 0.4) is 0 Å². The van der Waals surface area contributed by atoms with E-state index in [-0.39, 0.29) is 12.1 Å². The maximum Gasteiger partial charge on any atom is 0.305 e. The zero-order chi connectivity index (χ0) is 18.6. The Labute approximate surface area is 156 Å². The Kier molecular flexibility index (Phi) is 18.8. The molecule has 148 valence electrons. The van der Waals surface area contributed by atoms with Gasteiger partial charge in [-0.3, -0.25) is 4.79 Å². The lowest BCUT2D eigenvalue weighted by molar-refractivity contribution is -0.147. The van der Waals surface area contributed by atoms with E-state index in [1.165, 1.54) is 70.6 Å². The molecule has 0 aromatic heterocycles. The molecule has 0 saturated carbocycles. The number of allylic oxidation sites excluding steroid dienone is 2. The van der Waals surface area contributed by atoms with Gasteiger partial charge in [-0.05, 0) is 39.0 Å². The third-order valence-electron chi connectivity index (χ3n) is 4.52. The Morgan fingerprint density at radius 2 is 1.36 bits per heavy atom. The molecule has 0 saturated heterocycles. The van der Waals surface area contributed by atoms with Gasteiger partial charge in [0.1, 0.15) is 6.61 Å². The average molecular weight is 355 g/mol. The van der Waals surface area contributed by atoms with Crippen LogP contribution in [-0.2, 0) is 14.3 Å². The van der Waals surface area contributed by atoms with Crippen molar-refractivity contribution in [2.75, 3.05) is 13.7 Å². The minimum absolute atomic E-state index is 0.0157. The molecule has 25 heavy (non-hydrogen) atoms. The molecule has 0 spiro atoms. The number of hydrogen-bond donors (Lipinski definition) is 0. The Hall–Kier alpha value is -0.830. The second-order valence-electron chi connectivity index (χ2n) is 7.06. The highest BCUT2D eigenvalue weighted by molar-refractivity contribution is 5.69. The topological polar surface area (TPSA) is 35.5 Å². The van der Waals surface area contributed by atoms with Crippen molar-refractivity contribution >= 4 is 5.97 Å². The van der Waals surface area contributed by atoms with E-state index < -0.39 is 0 Å². The van der Waals surface area contributed by atoms with E-state index in [9.17, 15) is 4.79 Å². The molecule has 3 heteroatoms. The van der Waals surface area contributed by atoms with Gasteiger partial charge in [-0.25, -0.2) is 0 Å². The van der Waals surface area contributed by atoms with Crippen LogP contribution < -0.4 is 0 Å². The monoisotopic (exact) mass is 354 g/mol. The zero-order valence-corrected chi connectivity index (χ0v) is 17.1. The molecule has 3 nitrogen and oxygen atoms in total. The van der Waals surface area contributed by atoms with Crippen LogP contribution in [0.15, 0.2) is 12.2 Å². The Morgan fingerprint density at radius 1 is 0.840 bits per heavy atom. The van der Waals surface area contributed by atoms with Gasteiger partial charge in [-0.1, -0.05) is 70.4 Å². The highest BCUT2D eigenvalue weighted by Crippen LogP contribution is 2.10. The average Bonchev–Trinajstić information content (AvgIpc) is 2.62. The number of rotatable bonds is 18. The fourth-order valence-electron chi connectivity index (χ4n) is 2.69. The predicted molar refractivity (Wildman–Crippen MR) is 107 cm³/mol. The van der Waals surface area contributed by atoms with Gasteiger partial charge in [-0.15, -0.1) is 0 Å². The molecular formula is C22H42O3. The summed E-state index contributed by atoms with van der Waals surface area (Å²) in [5.41, 5.74) is 0. The molecule has 0 aliphatic carbocycles. The molecule has 0 bridgehead atoms. The summed E-state index contributed by atoms with van der Waals surface area (Å²) < 4.78 is 10.2. The van der Waals surface area contributed by atoms with Gasteiger partial charge in [-0.2, -0.15) is 0 Å². The van der Waals surface area contributed by atoms with Gasteiger partial charge < -0.3 is 9.47 Å². The number of carbonyl (C=O) groups is 1. The molecule has 0 aliphatic heterocycles. The first-order valence-electron chi connectivity index (χ1n) is 10.5. The number of methoxy groups -OCH3 is 1. The summed E-state index contributed by atoms with van der Waals surface area (Å²) in [6, 6.07) is 0. The summed E-state index contributed by atoms with van der Waals surface area (Å²) in [6.45, 7) is 4.53. The van der Waals surface area contributed by atoms with Crippen molar-refractivity contribution in [1.29, 1.82) is 0 Å². The first-order chi connectivity index (χ1) is 12.2. The number of carbonyl (C=O) groups excluding carboxylic acids is 1. The molecule has 0 rings (SSSR count). The number of hydrogen-bond acceptors (Lipinski definition) is 3. The van der Waals surface area contributed by atoms with Crippen LogP contribution in [0.5, 0.6) is 0 Å². The Bertz CT molecular complexity index is 312. The summed E-state index contributed by atoms with van der Waals surface area (Å²) in [7, 11) is 1.63. The van der Waals surface area contributed by atoms with Gasteiger partial charge in [0, 0.05) is 13.5 Å². The molecule has 0 N–H and O–H groups in total. The van der Waals surface area contributed by atoms with E-state index in [4.69, 9.17) is 9.47 Å². The second-order valence-corrected chi connectivity index (χ2v) is 7.06. The van der Waals surface area contributed by atoms with Crippen LogP contribution in [0.1, 0.15) is 104 Å². The molecule has 0 aromatic carbocycles. The predicted octanol–water partition coefficient (Wildman–Crippen LogP) is 6.60. The van der Waals surface area contributed by atoms with E-state index in [0.717, 1.165) is 12.8 Å². The maximum atomic E-state index is 11.5. The third-order valence-corrected chi connectivity index (χ3v) is 4.52. The largest absolute Gasteiger partial charge is 0.463 e. The van der Waals surface area contributed by atoms with Crippen LogP contribution in [0.2, 0.25) is 0 Å². The first-order valence-corrected chi connectivity index (χ1v) is 10.5. The number of unbranched alkanes of at least 4 members (excludes halogenated alkanes) is 11. The quantitative estimate of drug-likeness (QED) is 0.158. The van der Waals surface area contributed by atoms with E-state index in [2.05, 4.69) is 19.1 Å². The first kappa shape index (κ1) is 24.2. The van der Waals surface area contributed by atoms with Gasteiger partial charge in [0.2, 0.25) is 0 Å². The standard InChI is InChI=1S/C22H42O3/c1-4-5-6-7-8-9-10-11-12-13-14-15-16-17-18-19-22(23)25-20-21(2)24-3/h11-12,21H,4-10,13-20H2,1-3H3/b12-11-. The SMILES string of the molecule is CCCCCCCC/C=C\CCCCCCCC(=O)OCC(C)OC. The van der Waals surface area contributed by atoms with Gasteiger partial charge in [0.15, 0.2) is 0 Å². The van der Waals surface area contributed by atoms with E-state index in [1.54, 1.807) is 7.11 Å². The molecule has 0 amide bonds. The second kappa shape index (κ2) is 19.5. The van der Waals surface area contributed by atoms with Gasteiger partial charge >= 0.3 is 5.97 Å². The molecule has 0 aromatic rings. The fraction of sp³-hybridized carbons (Fsp3) is 0.864. The smallest absolute Gasteiger partial charge is 0.305 e. The molecule has 1 unspecified atom stereocenters. The third kappa shape index (κ3) is 19.3. The lowest BCUT2D eigenvalue weighted by Crippen LogP contribution is -2.17. The van der Waals surface area contributed by atoms with E-state index in [1.807, 2.05) is 6.92 Å². The Balaban J connectivity index is 3.22. The van der Waals surface area contributed by atoms with Gasteiger partial charge in [0.05, 0.1) is 6.10 Å². The number of esters is 1. The normalized spacial score (nSPS) is 12.6. The molecular weight excluding hydrogens is 312 g/mol. The lowest BCUT2D eigenvalue weighted by atomic mass is 10.1.